The smallest absolute Gasteiger partial charge is 0.343 e. The third kappa shape index (κ3) is 5.94. The van der Waals surface area contributed by atoms with Crippen LogP contribution >= 0.6 is 15.9 Å². The molecule has 0 radical (unpaired) electrons. The molecule has 1 amide bonds. The van der Waals surface area contributed by atoms with Gasteiger partial charge in [-0.1, -0.05) is 82.7 Å². The molecule has 0 saturated heterocycles. The first kappa shape index (κ1) is 25.8. The SMILES string of the molecule is COc1cc(/C=N\NC(=O)C(O)(c2ccccc2)c2ccccc2)ccc1OC(=O)c1cccc(Br)c1. The van der Waals surface area contributed by atoms with Crippen LogP contribution in [0.25, 0.3) is 0 Å². The fraction of sp³-hybridized carbons (Fsp3) is 0.0690. The number of halogens is 1. The summed E-state index contributed by atoms with van der Waals surface area (Å²) in [7, 11) is 1.45. The van der Waals surface area contributed by atoms with Gasteiger partial charge in [-0.15, -0.1) is 0 Å². The predicted molar refractivity (Wildman–Crippen MR) is 144 cm³/mol. The topological polar surface area (TPSA) is 97.2 Å². The number of ether oxygens (including phenoxy) is 2. The molecule has 8 heteroatoms. The number of nitrogens with one attached hydrogen (secondary N) is 1. The third-order valence-corrected chi connectivity index (χ3v) is 6.04. The predicted octanol–water partition coefficient (Wildman–Crippen LogP) is 5.06. The van der Waals surface area contributed by atoms with Crippen LogP contribution in [-0.2, 0) is 10.4 Å². The van der Waals surface area contributed by atoms with Gasteiger partial charge in [-0.05, 0) is 53.1 Å². The molecule has 0 atom stereocenters. The summed E-state index contributed by atoms with van der Waals surface area (Å²) >= 11 is 3.33. The lowest BCUT2D eigenvalue weighted by atomic mass is 9.85. The monoisotopic (exact) mass is 558 g/mol. The number of methoxy groups -OCH3 is 1. The molecule has 0 aromatic heterocycles. The molecule has 0 unspecified atom stereocenters. The number of carbonyl (C=O) groups is 2. The van der Waals surface area contributed by atoms with Crippen molar-refractivity contribution in [2.24, 2.45) is 5.10 Å². The van der Waals surface area contributed by atoms with Crippen molar-refractivity contribution in [1.82, 2.24) is 5.43 Å². The molecular formula is C29H23BrN2O5. The highest BCUT2D eigenvalue weighted by molar-refractivity contribution is 9.10. The van der Waals surface area contributed by atoms with E-state index in [1.54, 1.807) is 97.1 Å². The molecule has 0 bridgehead atoms. The second-order valence-electron chi connectivity index (χ2n) is 7.95. The van der Waals surface area contributed by atoms with Crippen molar-refractivity contribution in [2.75, 3.05) is 7.11 Å². The van der Waals surface area contributed by atoms with E-state index in [-0.39, 0.29) is 5.75 Å². The number of benzene rings is 4. The summed E-state index contributed by atoms with van der Waals surface area (Å²) in [6, 6.07) is 29.0. The van der Waals surface area contributed by atoms with Crippen LogP contribution in [0.2, 0.25) is 0 Å². The van der Waals surface area contributed by atoms with Gasteiger partial charge in [-0.2, -0.15) is 5.10 Å². The number of nitrogens with zero attached hydrogens (tertiary/aromatic N) is 1. The van der Waals surface area contributed by atoms with Gasteiger partial charge in [-0.3, -0.25) is 4.79 Å². The van der Waals surface area contributed by atoms with Gasteiger partial charge in [0.2, 0.25) is 0 Å². The van der Waals surface area contributed by atoms with Crippen LogP contribution in [0.5, 0.6) is 11.5 Å². The molecule has 186 valence electrons. The van der Waals surface area contributed by atoms with Gasteiger partial charge in [-0.25, -0.2) is 10.2 Å². The number of carbonyl (C=O) groups excluding carboxylic acids is 2. The molecule has 4 aromatic rings. The molecule has 7 nitrogen and oxygen atoms in total. The van der Waals surface area contributed by atoms with Crippen molar-refractivity contribution in [1.29, 1.82) is 0 Å². The number of esters is 1. The summed E-state index contributed by atoms with van der Waals surface area (Å²) in [6.07, 6.45) is 1.40. The van der Waals surface area contributed by atoms with Crippen molar-refractivity contribution < 1.29 is 24.2 Å². The summed E-state index contributed by atoms with van der Waals surface area (Å²) in [4.78, 5) is 25.7. The Hall–Kier alpha value is -4.27. The summed E-state index contributed by atoms with van der Waals surface area (Å²) in [5.41, 5.74) is 2.26. The molecule has 0 fully saturated rings. The van der Waals surface area contributed by atoms with Crippen LogP contribution < -0.4 is 14.9 Å². The summed E-state index contributed by atoms with van der Waals surface area (Å²) in [6.45, 7) is 0. The number of hydrazone groups is 1. The minimum absolute atomic E-state index is 0.233. The van der Waals surface area contributed by atoms with E-state index in [1.165, 1.54) is 13.3 Å². The molecule has 2 N–H and O–H groups in total. The summed E-state index contributed by atoms with van der Waals surface area (Å²) in [5.74, 6) is -0.707. The Bertz CT molecular complexity index is 1390. The van der Waals surface area contributed by atoms with Gasteiger partial charge < -0.3 is 14.6 Å². The van der Waals surface area contributed by atoms with Crippen LogP contribution in [0.4, 0.5) is 0 Å². The van der Waals surface area contributed by atoms with E-state index in [1.807, 2.05) is 6.07 Å². The van der Waals surface area contributed by atoms with Gasteiger partial charge in [0.25, 0.3) is 5.91 Å². The maximum Gasteiger partial charge on any atom is 0.343 e. The molecule has 0 spiro atoms. The van der Waals surface area contributed by atoms with Gasteiger partial charge in [0, 0.05) is 4.47 Å². The molecule has 4 rings (SSSR count). The van der Waals surface area contributed by atoms with E-state index in [0.717, 1.165) is 4.47 Å². The van der Waals surface area contributed by atoms with E-state index < -0.39 is 17.5 Å². The van der Waals surface area contributed by atoms with Crippen molar-refractivity contribution in [3.05, 3.63) is 130 Å². The highest BCUT2D eigenvalue weighted by Crippen LogP contribution is 2.30. The standard InChI is InChI=1S/C29H23BrN2O5/c1-36-26-17-20(15-16-25(26)37-27(33)21-9-8-14-24(30)18-21)19-31-32-28(34)29(35,22-10-4-2-5-11-22)23-12-6-3-7-13-23/h2-19,35H,1H3,(H,32,34)/b31-19-. The number of rotatable bonds is 8. The first-order valence-corrected chi connectivity index (χ1v) is 12.0. The molecule has 0 aliphatic carbocycles. The zero-order valence-electron chi connectivity index (χ0n) is 19.8. The molecular weight excluding hydrogens is 536 g/mol. The second kappa shape index (κ2) is 11.6. The molecule has 0 saturated carbocycles. The highest BCUT2D eigenvalue weighted by atomic mass is 79.9. The van der Waals surface area contributed by atoms with E-state index in [9.17, 15) is 14.7 Å². The van der Waals surface area contributed by atoms with Gasteiger partial charge in [0.1, 0.15) is 0 Å². The van der Waals surface area contributed by atoms with Crippen molar-refractivity contribution in [3.63, 3.8) is 0 Å². The molecule has 0 aliphatic rings. The van der Waals surface area contributed by atoms with Crippen molar-refractivity contribution >= 4 is 34.0 Å². The second-order valence-corrected chi connectivity index (χ2v) is 8.87. The van der Waals surface area contributed by atoms with Crippen LogP contribution in [0.3, 0.4) is 0 Å². The van der Waals surface area contributed by atoms with Crippen LogP contribution in [-0.4, -0.2) is 30.3 Å². The maximum absolute atomic E-state index is 13.2. The van der Waals surface area contributed by atoms with Gasteiger partial charge in [0.05, 0.1) is 18.9 Å². The first-order valence-electron chi connectivity index (χ1n) is 11.2. The third-order valence-electron chi connectivity index (χ3n) is 5.54. The Kier molecular flexibility index (Phi) is 8.12. The maximum atomic E-state index is 13.2. The fourth-order valence-corrected chi connectivity index (χ4v) is 4.06. The number of hydrogen-bond acceptors (Lipinski definition) is 6. The number of aliphatic hydroxyl groups is 1. The normalized spacial score (nSPS) is 11.2. The summed E-state index contributed by atoms with van der Waals surface area (Å²) < 4.78 is 11.6. The Morgan fingerprint density at radius 3 is 2.11 bits per heavy atom. The molecule has 4 aromatic carbocycles. The Balaban J connectivity index is 1.51. The highest BCUT2D eigenvalue weighted by Gasteiger charge is 2.39. The van der Waals surface area contributed by atoms with E-state index in [4.69, 9.17) is 9.47 Å². The molecule has 37 heavy (non-hydrogen) atoms. The average molecular weight is 559 g/mol. The minimum Gasteiger partial charge on any atom is -0.493 e. The van der Waals surface area contributed by atoms with E-state index >= 15 is 0 Å². The van der Waals surface area contributed by atoms with E-state index in [0.29, 0.717) is 28.0 Å². The Morgan fingerprint density at radius 1 is 0.865 bits per heavy atom. The van der Waals surface area contributed by atoms with Gasteiger partial charge in [0.15, 0.2) is 17.1 Å². The quantitative estimate of drug-likeness (QED) is 0.136. The van der Waals surface area contributed by atoms with Gasteiger partial charge >= 0.3 is 5.97 Å². The lowest BCUT2D eigenvalue weighted by Gasteiger charge is -2.27. The molecule has 0 heterocycles. The fourth-order valence-electron chi connectivity index (χ4n) is 3.66. The zero-order valence-corrected chi connectivity index (χ0v) is 21.4. The average Bonchev–Trinajstić information content (AvgIpc) is 2.94. The van der Waals surface area contributed by atoms with Crippen molar-refractivity contribution in [2.45, 2.75) is 5.60 Å². The number of hydrogen-bond donors (Lipinski definition) is 2. The largest absolute Gasteiger partial charge is 0.493 e. The molecule has 0 aliphatic heterocycles. The Morgan fingerprint density at radius 2 is 1.51 bits per heavy atom. The van der Waals surface area contributed by atoms with Crippen LogP contribution in [0.1, 0.15) is 27.0 Å². The minimum atomic E-state index is -1.94. The Labute approximate surface area is 222 Å². The van der Waals surface area contributed by atoms with Crippen LogP contribution in [0.15, 0.2) is 113 Å². The zero-order chi connectivity index (χ0) is 26.3. The van der Waals surface area contributed by atoms with E-state index in [2.05, 4.69) is 26.5 Å². The van der Waals surface area contributed by atoms with Crippen LogP contribution in [0, 0.1) is 0 Å². The summed E-state index contributed by atoms with van der Waals surface area (Å²) in [5, 5.41) is 15.5. The first-order chi connectivity index (χ1) is 17.9. The van der Waals surface area contributed by atoms with Crippen molar-refractivity contribution in [3.8, 4) is 11.5 Å². The number of amides is 1. The lowest BCUT2D eigenvalue weighted by molar-refractivity contribution is -0.136. The lowest BCUT2D eigenvalue weighted by Crippen LogP contribution is -2.43.